The van der Waals surface area contributed by atoms with Crippen LogP contribution in [0.25, 0.3) is 0 Å². The van der Waals surface area contributed by atoms with Gasteiger partial charge in [0.15, 0.2) is 0 Å². The molecule has 0 unspecified atom stereocenters. The van der Waals surface area contributed by atoms with E-state index in [1.807, 2.05) is 0 Å². The highest BCUT2D eigenvalue weighted by Gasteiger charge is 2.13. The Morgan fingerprint density at radius 3 is 2.69 bits per heavy atom. The molecule has 4 N–H and O–H groups in total. The number of nitrogens with one attached hydrogen (secondary N) is 1. The minimum Gasteiger partial charge on any atom is -0.508 e. The summed E-state index contributed by atoms with van der Waals surface area (Å²) in [7, 11) is 0. The molecule has 1 aromatic carbocycles. The maximum atomic E-state index is 11.3. The van der Waals surface area contributed by atoms with Crippen molar-refractivity contribution in [1.82, 2.24) is 5.32 Å². The standard InChI is InChI=1S/C11H13N3O2/c12-5-6-14-11(16)10(13)7-8-1-3-9(15)4-2-8/h1-4,10,15H,6-7,13H2,(H,14,16)/t10-/m0/s1. The number of carbonyl (C=O) groups is 1. The van der Waals surface area contributed by atoms with Crippen LogP contribution in [0.3, 0.4) is 0 Å². The van der Waals surface area contributed by atoms with E-state index in [1.165, 1.54) is 12.1 Å². The van der Waals surface area contributed by atoms with Gasteiger partial charge in [-0.2, -0.15) is 5.26 Å². The minimum atomic E-state index is -0.683. The lowest BCUT2D eigenvalue weighted by Crippen LogP contribution is -2.42. The van der Waals surface area contributed by atoms with Crippen LogP contribution in [0.1, 0.15) is 5.56 Å². The Balaban J connectivity index is 2.51. The molecular weight excluding hydrogens is 206 g/mol. The van der Waals surface area contributed by atoms with Gasteiger partial charge in [-0.15, -0.1) is 0 Å². The number of phenolic OH excluding ortho intramolecular Hbond substituents is 1. The summed E-state index contributed by atoms with van der Waals surface area (Å²) < 4.78 is 0. The molecule has 0 saturated carbocycles. The molecule has 1 rings (SSSR count). The summed E-state index contributed by atoms with van der Waals surface area (Å²) in [6, 6.07) is 7.60. The molecule has 0 saturated heterocycles. The van der Waals surface area contributed by atoms with Crippen LogP contribution in [-0.2, 0) is 11.2 Å². The molecule has 0 fully saturated rings. The fraction of sp³-hybridized carbons (Fsp3) is 0.273. The molecule has 16 heavy (non-hydrogen) atoms. The topological polar surface area (TPSA) is 99.1 Å². The number of benzene rings is 1. The summed E-state index contributed by atoms with van der Waals surface area (Å²) in [5.41, 5.74) is 6.50. The monoisotopic (exact) mass is 219 g/mol. The number of nitriles is 1. The van der Waals surface area contributed by atoms with Crippen molar-refractivity contribution < 1.29 is 9.90 Å². The van der Waals surface area contributed by atoms with Crippen molar-refractivity contribution >= 4 is 5.91 Å². The first-order valence-corrected chi connectivity index (χ1v) is 4.81. The zero-order chi connectivity index (χ0) is 12.0. The number of nitrogens with two attached hydrogens (primary N) is 1. The van der Waals surface area contributed by atoms with Crippen molar-refractivity contribution in [3.05, 3.63) is 29.8 Å². The highest BCUT2D eigenvalue weighted by Crippen LogP contribution is 2.10. The first kappa shape index (κ1) is 12.0. The lowest BCUT2D eigenvalue weighted by Gasteiger charge is -2.10. The summed E-state index contributed by atoms with van der Waals surface area (Å²) >= 11 is 0. The molecule has 5 nitrogen and oxygen atoms in total. The lowest BCUT2D eigenvalue weighted by molar-refractivity contribution is -0.122. The van der Waals surface area contributed by atoms with Crippen LogP contribution in [0, 0.1) is 11.3 Å². The van der Waals surface area contributed by atoms with Crippen molar-refractivity contribution in [2.45, 2.75) is 12.5 Å². The second-order valence-corrected chi connectivity index (χ2v) is 3.35. The third-order valence-electron chi connectivity index (χ3n) is 2.07. The number of nitrogens with zero attached hydrogens (tertiary/aromatic N) is 1. The predicted molar refractivity (Wildman–Crippen MR) is 58.4 cm³/mol. The van der Waals surface area contributed by atoms with Gasteiger partial charge >= 0.3 is 0 Å². The smallest absolute Gasteiger partial charge is 0.238 e. The summed E-state index contributed by atoms with van der Waals surface area (Å²) in [4.78, 5) is 11.3. The van der Waals surface area contributed by atoms with Crippen LogP contribution in [0.4, 0.5) is 0 Å². The average molecular weight is 219 g/mol. The zero-order valence-electron chi connectivity index (χ0n) is 8.68. The van der Waals surface area contributed by atoms with Gasteiger partial charge in [0.25, 0.3) is 0 Å². The van der Waals surface area contributed by atoms with E-state index in [0.29, 0.717) is 6.42 Å². The van der Waals surface area contributed by atoms with Crippen LogP contribution < -0.4 is 11.1 Å². The Bertz CT molecular complexity index is 395. The fourth-order valence-corrected chi connectivity index (χ4v) is 1.24. The Labute approximate surface area is 93.5 Å². The van der Waals surface area contributed by atoms with Crippen molar-refractivity contribution in [1.29, 1.82) is 5.26 Å². The number of aromatic hydroxyl groups is 1. The second-order valence-electron chi connectivity index (χ2n) is 3.35. The van der Waals surface area contributed by atoms with Gasteiger partial charge in [0.05, 0.1) is 12.1 Å². The van der Waals surface area contributed by atoms with Crippen LogP contribution >= 0.6 is 0 Å². The molecule has 1 atom stereocenters. The molecular formula is C11H13N3O2. The quantitative estimate of drug-likeness (QED) is 0.616. The molecule has 1 amide bonds. The van der Waals surface area contributed by atoms with E-state index < -0.39 is 6.04 Å². The molecule has 0 radical (unpaired) electrons. The Hall–Kier alpha value is -2.06. The summed E-state index contributed by atoms with van der Waals surface area (Å²) in [5.74, 6) is -0.180. The SMILES string of the molecule is N#CCNC(=O)[C@@H](N)Cc1ccc(O)cc1. The molecule has 84 valence electrons. The Morgan fingerprint density at radius 2 is 2.12 bits per heavy atom. The average Bonchev–Trinajstić information content (AvgIpc) is 2.29. The summed E-state index contributed by atoms with van der Waals surface area (Å²) in [5, 5.41) is 19.7. The van der Waals surface area contributed by atoms with E-state index in [-0.39, 0.29) is 18.2 Å². The predicted octanol–water partition coefficient (Wildman–Crippen LogP) is -0.0982. The van der Waals surface area contributed by atoms with Crippen molar-refractivity contribution in [2.75, 3.05) is 6.54 Å². The third-order valence-corrected chi connectivity index (χ3v) is 2.07. The highest BCUT2D eigenvalue weighted by molar-refractivity contribution is 5.81. The first-order chi connectivity index (χ1) is 7.63. The molecule has 0 spiro atoms. The van der Waals surface area contributed by atoms with E-state index in [2.05, 4.69) is 5.32 Å². The summed E-state index contributed by atoms with van der Waals surface area (Å²) in [6.45, 7) is -0.0396. The van der Waals surface area contributed by atoms with Gasteiger partial charge in [0, 0.05) is 0 Å². The molecule has 0 bridgehead atoms. The van der Waals surface area contributed by atoms with Gasteiger partial charge in [0.1, 0.15) is 12.3 Å². The summed E-state index contributed by atoms with van der Waals surface area (Å²) in [6.07, 6.45) is 0.373. The highest BCUT2D eigenvalue weighted by atomic mass is 16.3. The molecule has 1 aromatic rings. The van der Waals surface area contributed by atoms with Gasteiger partial charge in [-0.1, -0.05) is 12.1 Å². The maximum absolute atomic E-state index is 11.3. The van der Waals surface area contributed by atoms with Gasteiger partial charge in [-0.3, -0.25) is 4.79 Å². The van der Waals surface area contributed by atoms with Crippen molar-refractivity contribution in [2.24, 2.45) is 5.73 Å². The number of rotatable bonds is 4. The van der Waals surface area contributed by atoms with Crippen LogP contribution in [0.15, 0.2) is 24.3 Å². The number of hydrogen-bond acceptors (Lipinski definition) is 4. The fourth-order valence-electron chi connectivity index (χ4n) is 1.24. The lowest BCUT2D eigenvalue weighted by atomic mass is 10.1. The number of phenols is 1. The molecule has 0 aliphatic rings. The zero-order valence-corrected chi connectivity index (χ0v) is 8.68. The van der Waals surface area contributed by atoms with Crippen molar-refractivity contribution in [3.8, 4) is 11.8 Å². The van der Waals surface area contributed by atoms with Crippen LogP contribution in [0.2, 0.25) is 0 Å². The van der Waals surface area contributed by atoms with Gasteiger partial charge < -0.3 is 16.2 Å². The maximum Gasteiger partial charge on any atom is 0.238 e. The molecule has 0 aliphatic heterocycles. The van der Waals surface area contributed by atoms with Crippen molar-refractivity contribution in [3.63, 3.8) is 0 Å². The third kappa shape index (κ3) is 3.59. The number of carbonyl (C=O) groups excluding carboxylic acids is 1. The first-order valence-electron chi connectivity index (χ1n) is 4.81. The molecule has 0 aromatic heterocycles. The second kappa shape index (κ2) is 5.73. The molecule has 0 heterocycles. The van der Waals surface area contributed by atoms with Crippen LogP contribution in [0.5, 0.6) is 5.75 Å². The molecule has 5 heteroatoms. The Kier molecular flexibility index (Phi) is 4.30. The minimum absolute atomic E-state index is 0.0396. The van der Waals surface area contributed by atoms with E-state index >= 15 is 0 Å². The van der Waals surface area contributed by atoms with Crippen LogP contribution in [-0.4, -0.2) is 23.6 Å². The Morgan fingerprint density at radius 1 is 1.50 bits per heavy atom. The van der Waals surface area contributed by atoms with Gasteiger partial charge in [-0.05, 0) is 24.1 Å². The molecule has 0 aliphatic carbocycles. The van der Waals surface area contributed by atoms with Gasteiger partial charge in [0.2, 0.25) is 5.91 Å². The van der Waals surface area contributed by atoms with E-state index in [4.69, 9.17) is 16.1 Å². The largest absolute Gasteiger partial charge is 0.508 e. The normalized spacial score (nSPS) is 11.5. The van der Waals surface area contributed by atoms with E-state index in [0.717, 1.165) is 5.56 Å². The van der Waals surface area contributed by atoms with E-state index in [1.54, 1.807) is 18.2 Å². The number of hydrogen-bond donors (Lipinski definition) is 3. The number of amides is 1. The van der Waals surface area contributed by atoms with Gasteiger partial charge in [-0.25, -0.2) is 0 Å². The van der Waals surface area contributed by atoms with E-state index in [9.17, 15) is 4.79 Å².